The molecule has 178 valence electrons. The van der Waals surface area contributed by atoms with Crippen LogP contribution in [0.4, 0.5) is 18.9 Å². The molecular weight excluding hydrogens is 471 g/mol. The minimum absolute atomic E-state index is 0.115. The number of para-hydroxylation sites is 1. The number of anilines is 1. The van der Waals surface area contributed by atoms with Crippen LogP contribution in [-0.2, 0) is 21.0 Å². The zero-order valence-electron chi connectivity index (χ0n) is 17.9. The van der Waals surface area contributed by atoms with Crippen molar-refractivity contribution < 1.29 is 31.1 Å². The van der Waals surface area contributed by atoms with Gasteiger partial charge in [0.25, 0.3) is 5.91 Å². The topological polar surface area (TPSA) is 88.1 Å². The number of carbonyl (C=O) groups excluding carboxylic acids is 1. The van der Waals surface area contributed by atoms with Crippen molar-refractivity contribution in [1.82, 2.24) is 5.43 Å². The lowest BCUT2D eigenvalue weighted by Gasteiger charge is -2.21. The van der Waals surface area contributed by atoms with Gasteiger partial charge in [-0.2, -0.15) is 18.3 Å². The number of hydrogen-bond donors (Lipinski definition) is 1. The average Bonchev–Trinajstić information content (AvgIpc) is 2.78. The van der Waals surface area contributed by atoms with Crippen LogP contribution in [0.15, 0.2) is 84.0 Å². The van der Waals surface area contributed by atoms with Crippen molar-refractivity contribution in [3.8, 4) is 11.5 Å². The van der Waals surface area contributed by atoms with Crippen molar-refractivity contribution in [1.29, 1.82) is 0 Å². The minimum atomic E-state index is -4.51. The van der Waals surface area contributed by atoms with E-state index >= 15 is 0 Å². The second-order valence-corrected chi connectivity index (χ2v) is 9.00. The highest BCUT2D eigenvalue weighted by atomic mass is 32.2. The maximum Gasteiger partial charge on any atom is 0.416 e. The highest BCUT2D eigenvalue weighted by molar-refractivity contribution is 7.92. The van der Waals surface area contributed by atoms with Gasteiger partial charge in [-0.1, -0.05) is 30.3 Å². The van der Waals surface area contributed by atoms with Gasteiger partial charge >= 0.3 is 6.18 Å². The normalized spacial score (nSPS) is 11.9. The lowest BCUT2D eigenvalue weighted by Crippen LogP contribution is -2.39. The van der Waals surface area contributed by atoms with E-state index in [4.69, 9.17) is 4.74 Å². The highest BCUT2D eigenvalue weighted by Gasteiger charge is 2.30. The summed E-state index contributed by atoms with van der Waals surface area (Å²) in [6, 6.07) is 19.5. The third-order valence-corrected chi connectivity index (χ3v) is 5.55. The van der Waals surface area contributed by atoms with Crippen LogP contribution in [0.2, 0.25) is 0 Å². The van der Waals surface area contributed by atoms with E-state index in [2.05, 4.69) is 10.5 Å². The second-order valence-electron chi connectivity index (χ2n) is 7.10. The molecular formula is C23H20F3N3O4S. The molecule has 0 aliphatic carbocycles. The lowest BCUT2D eigenvalue weighted by atomic mass is 10.1. The summed E-state index contributed by atoms with van der Waals surface area (Å²) in [5.74, 6) is 0.296. The van der Waals surface area contributed by atoms with Crippen LogP contribution < -0.4 is 14.5 Å². The summed E-state index contributed by atoms with van der Waals surface area (Å²) in [4.78, 5) is 12.3. The largest absolute Gasteiger partial charge is 0.457 e. The van der Waals surface area contributed by atoms with Crippen LogP contribution in [0.5, 0.6) is 11.5 Å². The number of alkyl halides is 3. The number of ether oxygens (including phenoxy) is 1. The van der Waals surface area contributed by atoms with Gasteiger partial charge in [0.1, 0.15) is 18.0 Å². The van der Waals surface area contributed by atoms with E-state index in [9.17, 15) is 26.4 Å². The van der Waals surface area contributed by atoms with E-state index in [0.29, 0.717) is 11.5 Å². The summed E-state index contributed by atoms with van der Waals surface area (Å²) in [6.45, 7) is -0.586. The number of hydrazone groups is 1. The molecule has 0 radical (unpaired) electrons. The predicted octanol–water partition coefficient (Wildman–Crippen LogP) is 4.41. The number of sulfonamides is 1. The van der Waals surface area contributed by atoms with Crippen LogP contribution in [0.3, 0.4) is 0 Å². The highest BCUT2D eigenvalue weighted by Crippen LogP contribution is 2.29. The Hall–Kier alpha value is -3.86. The van der Waals surface area contributed by atoms with Gasteiger partial charge in [-0.15, -0.1) is 0 Å². The Balaban J connectivity index is 1.66. The first-order valence-corrected chi connectivity index (χ1v) is 11.7. The van der Waals surface area contributed by atoms with Crippen molar-refractivity contribution in [2.24, 2.45) is 5.10 Å². The van der Waals surface area contributed by atoms with E-state index in [1.165, 1.54) is 24.3 Å². The zero-order chi connectivity index (χ0) is 24.8. The Kier molecular flexibility index (Phi) is 7.57. The molecule has 0 spiro atoms. The zero-order valence-corrected chi connectivity index (χ0v) is 18.7. The molecule has 34 heavy (non-hydrogen) atoms. The summed E-state index contributed by atoms with van der Waals surface area (Å²) in [6.07, 6.45) is -2.53. The van der Waals surface area contributed by atoms with Gasteiger partial charge in [0.15, 0.2) is 0 Å². The summed E-state index contributed by atoms with van der Waals surface area (Å²) < 4.78 is 69.4. The molecule has 3 aromatic rings. The summed E-state index contributed by atoms with van der Waals surface area (Å²) in [5.41, 5.74) is 1.61. The van der Waals surface area contributed by atoms with Crippen molar-refractivity contribution in [3.63, 3.8) is 0 Å². The molecule has 3 aromatic carbocycles. The van der Waals surface area contributed by atoms with Crippen LogP contribution in [0.25, 0.3) is 0 Å². The van der Waals surface area contributed by atoms with E-state index in [1.54, 1.807) is 24.3 Å². The Bertz CT molecular complexity index is 1260. The number of rotatable bonds is 8. The van der Waals surface area contributed by atoms with Gasteiger partial charge < -0.3 is 4.74 Å². The van der Waals surface area contributed by atoms with Gasteiger partial charge in [-0.25, -0.2) is 13.8 Å². The SMILES string of the molecule is CS(=O)(=O)N(CC(=O)N/N=C\c1cccc(C(F)(F)F)c1)c1ccc(Oc2ccccc2)cc1. The first-order valence-electron chi connectivity index (χ1n) is 9.82. The quantitative estimate of drug-likeness (QED) is 0.373. The maximum absolute atomic E-state index is 12.8. The van der Waals surface area contributed by atoms with E-state index in [-0.39, 0.29) is 11.3 Å². The van der Waals surface area contributed by atoms with Crippen LogP contribution >= 0.6 is 0 Å². The third kappa shape index (κ3) is 7.07. The van der Waals surface area contributed by atoms with Crippen LogP contribution in [-0.4, -0.2) is 33.3 Å². The minimum Gasteiger partial charge on any atom is -0.457 e. The predicted molar refractivity (Wildman–Crippen MR) is 122 cm³/mol. The molecule has 3 rings (SSSR count). The molecule has 0 unspecified atom stereocenters. The fourth-order valence-electron chi connectivity index (χ4n) is 2.84. The van der Waals surface area contributed by atoms with E-state index in [1.807, 2.05) is 18.2 Å². The summed E-state index contributed by atoms with van der Waals surface area (Å²) in [5, 5.41) is 3.62. The van der Waals surface area contributed by atoms with Gasteiger partial charge in [0.2, 0.25) is 10.0 Å². The average molecular weight is 491 g/mol. The molecule has 0 heterocycles. The summed E-state index contributed by atoms with van der Waals surface area (Å²) >= 11 is 0. The van der Waals surface area contributed by atoms with Crippen molar-refractivity contribution in [2.45, 2.75) is 6.18 Å². The molecule has 11 heteroatoms. The molecule has 0 bridgehead atoms. The van der Waals surface area contributed by atoms with Gasteiger partial charge in [-0.05, 0) is 54.1 Å². The standard InChI is InChI=1S/C23H20F3N3O4S/c1-34(31,32)29(19-10-12-21(13-11-19)33-20-8-3-2-4-9-20)16-22(30)28-27-15-17-6-5-7-18(14-17)23(24,25)26/h2-15H,16H2,1H3,(H,28,30)/b27-15-. The fourth-order valence-corrected chi connectivity index (χ4v) is 3.70. The van der Waals surface area contributed by atoms with Crippen molar-refractivity contribution in [3.05, 3.63) is 90.0 Å². The fraction of sp³-hybridized carbons (Fsp3) is 0.130. The van der Waals surface area contributed by atoms with E-state index in [0.717, 1.165) is 28.9 Å². The molecule has 0 fully saturated rings. The van der Waals surface area contributed by atoms with Gasteiger partial charge in [-0.3, -0.25) is 9.10 Å². The molecule has 1 amide bonds. The molecule has 1 N–H and O–H groups in total. The first-order chi connectivity index (χ1) is 16.0. The molecule has 0 aromatic heterocycles. The van der Waals surface area contributed by atoms with Crippen LogP contribution in [0.1, 0.15) is 11.1 Å². The number of hydrogen-bond acceptors (Lipinski definition) is 5. The third-order valence-electron chi connectivity index (χ3n) is 4.41. The number of amides is 1. The maximum atomic E-state index is 12.8. The van der Waals surface area contributed by atoms with Gasteiger partial charge in [0, 0.05) is 0 Å². The van der Waals surface area contributed by atoms with E-state index < -0.39 is 34.2 Å². The number of halogens is 3. The molecule has 7 nitrogen and oxygen atoms in total. The smallest absolute Gasteiger partial charge is 0.416 e. The van der Waals surface area contributed by atoms with Crippen LogP contribution in [0, 0.1) is 0 Å². The number of benzene rings is 3. The Morgan fingerprint density at radius 2 is 1.65 bits per heavy atom. The molecule has 0 aliphatic rings. The lowest BCUT2D eigenvalue weighted by molar-refractivity contribution is -0.137. The van der Waals surface area contributed by atoms with Crippen molar-refractivity contribution >= 4 is 27.8 Å². The molecule has 0 saturated heterocycles. The molecule has 0 aliphatic heterocycles. The Morgan fingerprint density at radius 3 is 2.26 bits per heavy atom. The monoisotopic (exact) mass is 491 g/mol. The van der Waals surface area contributed by atoms with Gasteiger partial charge in [0.05, 0.1) is 23.7 Å². The summed E-state index contributed by atoms with van der Waals surface area (Å²) in [7, 11) is -3.83. The second kappa shape index (κ2) is 10.4. The van der Waals surface area contributed by atoms with Crippen molar-refractivity contribution in [2.75, 3.05) is 17.1 Å². The first kappa shape index (κ1) is 24.8. The Labute approximate surface area is 194 Å². The Morgan fingerprint density at radius 1 is 1.00 bits per heavy atom. The number of nitrogens with one attached hydrogen (secondary N) is 1. The number of nitrogens with zero attached hydrogens (tertiary/aromatic N) is 2. The molecule has 0 atom stereocenters. The number of carbonyl (C=O) groups is 1. The molecule has 0 saturated carbocycles.